The maximum absolute atomic E-state index is 12.6. The number of hydrogen-bond donors (Lipinski definition) is 1. The van der Waals surface area contributed by atoms with Crippen molar-refractivity contribution < 1.29 is 24.0 Å². The maximum atomic E-state index is 12.6. The number of nitrogens with zero attached hydrogens (tertiary/aromatic N) is 2. The van der Waals surface area contributed by atoms with Gasteiger partial charge in [-0.1, -0.05) is 19.1 Å². The van der Waals surface area contributed by atoms with Crippen LogP contribution in [0, 0.1) is 10.1 Å². The molecule has 9 nitrogen and oxygen atoms in total. The number of nitro groups is 1. The summed E-state index contributed by atoms with van der Waals surface area (Å²) in [5.41, 5.74) is 2.08. The predicted octanol–water partition coefficient (Wildman–Crippen LogP) is 2.79. The zero-order valence-electron chi connectivity index (χ0n) is 16.6. The molecule has 3 rings (SSSR count). The predicted molar refractivity (Wildman–Crippen MR) is 111 cm³/mol. The summed E-state index contributed by atoms with van der Waals surface area (Å²) in [4.78, 5) is 37.2. The number of amides is 1. The molecule has 1 aliphatic rings. The SMILES string of the molecule is CCc1ccc(NC(=O)COC(=O)c2cc([N+](=O)[O-])ccc2N2CCOCC2)cc1. The molecule has 2 aromatic rings. The number of carbonyl (C=O) groups is 2. The van der Waals surface area contributed by atoms with Crippen LogP contribution in [0.25, 0.3) is 0 Å². The van der Waals surface area contributed by atoms with E-state index in [2.05, 4.69) is 5.32 Å². The lowest BCUT2D eigenvalue weighted by Gasteiger charge is -2.30. The molecule has 0 unspecified atom stereocenters. The minimum Gasteiger partial charge on any atom is -0.452 e. The maximum Gasteiger partial charge on any atom is 0.341 e. The van der Waals surface area contributed by atoms with E-state index in [9.17, 15) is 19.7 Å². The lowest BCUT2D eigenvalue weighted by molar-refractivity contribution is -0.384. The van der Waals surface area contributed by atoms with Gasteiger partial charge in [-0.15, -0.1) is 0 Å². The van der Waals surface area contributed by atoms with Crippen LogP contribution in [0.5, 0.6) is 0 Å². The van der Waals surface area contributed by atoms with Gasteiger partial charge in [0.2, 0.25) is 0 Å². The Morgan fingerprint density at radius 3 is 2.50 bits per heavy atom. The van der Waals surface area contributed by atoms with Crippen LogP contribution in [-0.4, -0.2) is 49.7 Å². The first-order valence-electron chi connectivity index (χ1n) is 9.65. The van der Waals surface area contributed by atoms with Crippen molar-refractivity contribution in [3.63, 3.8) is 0 Å². The van der Waals surface area contributed by atoms with Gasteiger partial charge in [-0.25, -0.2) is 4.79 Å². The van der Waals surface area contributed by atoms with E-state index in [-0.39, 0.29) is 11.3 Å². The van der Waals surface area contributed by atoms with Gasteiger partial charge in [-0.05, 0) is 30.2 Å². The Labute approximate surface area is 173 Å². The Bertz CT molecular complexity index is 923. The minimum atomic E-state index is -0.795. The number of carbonyl (C=O) groups excluding carboxylic acids is 2. The highest BCUT2D eigenvalue weighted by molar-refractivity contribution is 5.99. The van der Waals surface area contributed by atoms with E-state index < -0.39 is 23.4 Å². The molecule has 30 heavy (non-hydrogen) atoms. The highest BCUT2D eigenvalue weighted by Crippen LogP contribution is 2.27. The normalized spacial score (nSPS) is 13.6. The summed E-state index contributed by atoms with van der Waals surface area (Å²) in [6.07, 6.45) is 0.889. The molecule has 0 spiro atoms. The molecule has 1 amide bonds. The molecule has 1 saturated heterocycles. The van der Waals surface area contributed by atoms with Crippen molar-refractivity contribution in [3.05, 3.63) is 63.7 Å². The van der Waals surface area contributed by atoms with E-state index in [1.807, 2.05) is 24.0 Å². The number of esters is 1. The first-order valence-corrected chi connectivity index (χ1v) is 9.65. The lowest BCUT2D eigenvalue weighted by Crippen LogP contribution is -2.37. The zero-order chi connectivity index (χ0) is 21.5. The van der Waals surface area contributed by atoms with Crippen LogP contribution in [-0.2, 0) is 20.7 Å². The summed E-state index contributed by atoms with van der Waals surface area (Å²) >= 11 is 0. The Balaban J connectivity index is 1.68. The smallest absolute Gasteiger partial charge is 0.341 e. The molecule has 0 atom stereocenters. The van der Waals surface area contributed by atoms with Gasteiger partial charge >= 0.3 is 5.97 Å². The van der Waals surface area contributed by atoms with Crippen molar-refractivity contribution in [1.29, 1.82) is 0 Å². The molecule has 0 aromatic heterocycles. The van der Waals surface area contributed by atoms with Gasteiger partial charge in [-0.2, -0.15) is 0 Å². The standard InChI is InChI=1S/C21H23N3O6/c1-2-15-3-5-16(6-4-15)22-20(25)14-30-21(26)18-13-17(24(27)28)7-8-19(18)23-9-11-29-12-10-23/h3-8,13H,2,9-12,14H2,1H3,(H,22,25). The molecule has 0 radical (unpaired) electrons. The van der Waals surface area contributed by atoms with Crippen LogP contribution in [0.2, 0.25) is 0 Å². The second kappa shape index (κ2) is 9.84. The molecule has 2 aromatic carbocycles. The largest absolute Gasteiger partial charge is 0.452 e. The average molecular weight is 413 g/mol. The van der Waals surface area contributed by atoms with E-state index in [1.165, 1.54) is 18.2 Å². The van der Waals surface area contributed by atoms with Crippen molar-refractivity contribution in [2.75, 3.05) is 43.1 Å². The summed E-state index contributed by atoms with van der Waals surface area (Å²) in [6, 6.07) is 11.4. The Morgan fingerprint density at radius 1 is 1.17 bits per heavy atom. The monoisotopic (exact) mass is 413 g/mol. The quantitative estimate of drug-likeness (QED) is 0.422. The highest BCUT2D eigenvalue weighted by Gasteiger charge is 2.23. The molecule has 1 heterocycles. The first kappa shape index (κ1) is 21.3. The fourth-order valence-electron chi connectivity index (χ4n) is 3.11. The van der Waals surface area contributed by atoms with Gasteiger partial charge < -0.3 is 19.7 Å². The average Bonchev–Trinajstić information content (AvgIpc) is 2.78. The van der Waals surface area contributed by atoms with E-state index in [0.717, 1.165) is 12.0 Å². The number of hydrogen-bond acceptors (Lipinski definition) is 7. The Kier molecular flexibility index (Phi) is 6.97. The summed E-state index contributed by atoms with van der Waals surface area (Å²) < 4.78 is 10.5. The summed E-state index contributed by atoms with van der Waals surface area (Å²) in [5.74, 6) is -1.29. The van der Waals surface area contributed by atoms with Crippen LogP contribution in [0.4, 0.5) is 17.1 Å². The minimum absolute atomic E-state index is 0.0474. The number of benzene rings is 2. The van der Waals surface area contributed by atoms with Gasteiger partial charge in [0, 0.05) is 30.9 Å². The van der Waals surface area contributed by atoms with Gasteiger partial charge in [0.05, 0.1) is 29.4 Å². The van der Waals surface area contributed by atoms with Crippen LogP contribution in [0.1, 0.15) is 22.8 Å². The van der Waals surface area contributed by atoms with E-state index in [1.54, 1.807) is 12.1 Å². The fraction of sp³-hybridized carbons (Fsp3) is 0.333. The number of anilines is 2. The van der Waals surface area contributed by atoms with Crippen LogP contribution in [0.3, 0.4) is 0 Å². The Morgan fingerprint density at radius 2 is 1.87 bits per heavy atom. The third-order valence-corrected chi connectivity index (χ3v) is 4.74. The van der Waals surface area contributed by atoms with E-state index in [4.69, 9.17) is 9.47 Å². The highest BCUT2D eigenvalue weighted by atomic mass is 16.6. The van der Waals surface area contributed by atoms with E-state index in [0.29, 0.717) is 37.7 Å². The molecule has 158 valence electrons. The van der Waals surface area contributed by atoms with Crippen molar-refractivity contribution in [2.45, 2.75) is 13.3 Å². The second-order valence-corrected chi connectivity index (χ2v) is 6.73. The number of morpholine rings is 1. The lowest BCUT2D eigenvalue weighted by atomic mass is 10.1. The number of non-ortho nitro benzene ring substituents is 1. The summed E-state index contributed by atoms with van der Waals surface area (Å²) in [5, 5.41) is 13.8. The van der Waals surface area contributed by atoms with Gasteiger partial charge in [-0.3, -0.25) is 14.9 Å². The number of ether oxygens (including phenoxy) is 2. The molecule has 0 saturated carbocycles. The van der Waals surface area contributed by atoms with Crippen molar-refractivity contribution in [1.82, 2.24) is 0 Å². The fourth-order valence-corrected chi connectivity index (χ4v) is 3.11. The Hall–Kier alpha value is -3.46. The van der Waals surface area contributed by atoms with E-state index >= 15 is 0 Å². The number of nitro benzene ring substituents is 1. The molecular formula is C21H23N3O6. The van der Waals surface area contributed by atoms with Crippen molar-refractivity contribution in [3.8, 4) is 0 Å². The third kappa shape index (κ3) is 5.32. The number of rotatable bonds is 7. The molecule has 0 bridgehead atoms. The summed E-state index contributed by atoms with van der Waals surface area (Å²) in [7, 11) is 0. The molecule has 9 heteroatoms. The van der Waals surface area contributed by atoms with Crippen LogP contribution < -0.4 is 10.2 Å². The van der Waals surface area contributed by atoms with Crippen molar-refractivity contribution >= 4 is 28.9 Å². The van der Waals surface area contributed by atoms with Gasteiger partial charge in [0.25, 0.3) is 11.6 Å². The molecular weight excluding hydrogens is 390 g/mol. The second-order valence-electron chi connectivity index (χ2n) is 6.73. The molecule has 1 N–H and O–H groups in total. The van der Waals surface area contributed by atoms with Crippen LogP contribution in [0.15, 0.2) is 42.5 Å². The van der Waals surface area contributed by atoms with Crippen LogP contribution >= 0.6 is 0 Å². The number of nitrogens with one attached hydrogen (secondary N) is 1. The summed E-state index contributed by atoms with van der Waals surface area (Å²) in [6.45, 7) is 3.61. The van der Waals surface area contributed by atoms with Gasteiger partial charge in [0.1, 0.15) is 0 Å². The molecule has 1 aliphatic heterocycles. The topological polar surface area (TPSA) is 111 Å². The molecule has 1 fully saturated rings. The third-order valence-electron chi connectivity index (χ3n) is 4.74. The number of aryl methyl sites for hydroxylation is 1. The van der Waals surface area contributed by atoms with Gasteiger partial charge in [0.15, 0.2) is 6.61 Å². The van der Waals surface area contributed by atoms with Crippen molar-refractivity contribution in [2.24, 2.45) is 0 Å². The first-order chi connectivity index (χ1) is 14.5. The zero-order valence-corrected chi connectivity index (χ0v) is 16.6. The molecule has 0 aliphatic carbocycles.